The standard InChI is InChI=1S/C11H26N2O3Si/c1-4-11(15-5-2,16-6-3)17-9-7-8-13-10(12)14/h4-9,17H2,1-3H3,(H3,12,13,14). The lowest BCUT2D eigenvalue weighted by atomic mass is 10.4. The first-order valence-electron chi connectivity index (χ1n) is 6.41. The topological polar surface area (TPSA) is 73.6 Å². The molecule has 2 amide bonds. The van der Waals surface area contributed by atoms with Crippen LogP contribution < -0.4 is 11.1 Å². The number of ether oxygens (including phenoxy) is 2. The van der Waals surface area contributed by atoms with Gasteiger partial charge in [-0.05, 0) is 26.7 Å². The highest BCUT2D eigenvalue weighted by atomic mass is 28.2. The largest absolute Gasteiger partial charge is 0.355 e. The molecular formula is C11H26N2O3Si. The van der Waals surface area contributed by atoms with E-state index in [1.54, 1.807) is 0 Å². The number of carbonyl (C=O) groups is 1. The van der Waals surface area contributed by atoms with Gasteiger partial charge in [-0.25, -0.2) is 4.79 Å². The molecule has 0 atom stereocenters. The van der Waals surface area contributed by atoms with E-state index in [0.717, 1.165) is 18.9 Å². The van der Waals surface area contributed by atoms with Crippen LogP contribution in [-0.2, 0) is 9.47 Å². The second-order valence-corrected chi connectivity index (χ2v) is 6.16. The Labute approximate surface area is 106 Å². The Morgan fingerprint density at radius 2 is 1.88 bits per heavy atom. The van der Waals surface area contributed by atoms with E-state index < -0.39 is 15.6 Å². The molecule has 0 aliphatic heterocycles. The molecule has 0 aromatic carbocycles. The highest BCUT2D eigenvalue weighted by Crippen LogP contribution is 2.18. The lowest BCUT2D eigenvalue weighted by Gasteiger charge is -2.32. The van der Waals surface area contributed by atoms with E-state index >= 15 is 0 Å². The van der Waals surface area contributed by atoms with Crippen molar-refractivity contribution in [3.63, 3.8) is 0 Å². The van der Waals surface area contributed by atoms with Gasteiger partial charge in [0.1, 0.15) is 5.41 Å². The highest BCUT2D eigenvalue weighted by molar-refractivity contribution is 6.38. The molecule has 0 unspecified atom stereocenters. The van der Waals surface area contributed by atoms with Gasteiger partial charge in [-0.2, -0.15) is 0 Å². The second-order valence-electron chi connectivity index (χ2n) is 3.88. The number of nitrogens with two attached hydrogens (primary N) is 1. The maximum atomic E-state index is 10.5. The summed E-state index contributed by atoms with van der Waals surface area (Å²) >= 11 is 0. The fourth-order valence-corrected chi connectivity index (χ4v) is 3.91. The average molecular weight is 262 g/mol. The molecule has 0 rings (SSSR count). The molecule has 6 heteroatoms. The third-order valence-electron chi connectivity index (χ3n) is 2.64. The summed E-state index contributed by atoms with van der Waals surface area (Å²) in [4.78, 5) is 10.5. The number of primary amides is 1. The molecule has 5 nitrogen and oxygen atoms in total. The van der Waals surface area contributed by atoms with Gasteiger partial charge in [0.25, 0.3) is 0 Å². The molecule has 0 spiro atoms. The highest BCUT2D eigenvalue weighted by Gasteiger charge is 2.28. The van der Waals surface area contributed by atoms with Crippen molar-refractivity contribution in [2.75, 3.05) is 19.8 Å². The average Bonchev–Trinajstić information content (AvgIpc) is 2.28. The molecule has 0 aliphatic rings. The number of rotatable bonds is 10. The number of carbonyl (C=O) groups excluding carboxylic acids is 1. The van der Waals surface area contributed by atoms with Gasteiger partial charge in [0.05, 0.1) is 9.52 Å². The Morgan fingerprint density at radius 3 is 2.29 bits per heavy atom. The van der Waals surface area contributed by atoms with Gasteiger partial charge < -0.3 is 20.5 Å². The van der Waals surface area contributed by atoms with Crippen molar-refractivity contribution >= 4 is 15.6 Å². The van der Waals surface area contributed by atoms with Crippen molar-refractivity contribution in [2.24, 2.45) is 5.73 Å². The van der Waals surface area contributed by atoms with E-state index in [9.17, 15) is 4.79 Å². The summed E-state index contributed by atoms with van der Waals surface area (Å²) in [6.45, 7) is 8.08. The zero-order valence-corrected chi connectivity index (χ0v) is 12.7. The van der Waals surface area contributed by atoms with E-state index in [0.29, 0.717) is 19.8 Å². The van der Waals surface area contributed by atoms with Gasteiger partial charge in [-0.15, -0.1) is 0 Å². The molecule has 0 saturated heterocycles. The lowest BCUT2D eigenvalue weighted by molar-refractivity contribution is -0.177. The third kappa shape index (κ3) is 7.35. The van der Waals surface area contributed by atoms with Crippen molar-refractivity contribution < 1.29 is 14.3 Å². The number of nitrogens with one attached hydrogen (secondary N) is 1. The molecule has 0 aliphatic carbocycles. The molecule has 102 valence electrons. The fraction of sp³-hybridized carbons (Fsp3) is 0.909. The minimum atomic E-state index is -0.485. The van der Waals surface area contributed by atoms with Crippen LogP contribution in [0.1, 0.15) is 33.6 Å². The molecule has 0 aromatic heterocycles. The zero-order chi connectivity index (χ0) is 13.1. The smallest absolute Gasteiger partial charge is 0.312 e. The lowest BCUT2D eigenvalue weighted by Crippen LogP contribution is -2.42. The molecule has 3 N–H and O–H groups in total. The van der Waals surface area contributed by atoms with Crippen LogP contribution >= 0.6 is 0 Å². The summed E-state index contributed by atoms with van der Waals surface area (Å²) in [6.07, 6.45) is 1.83. The van der Waals surface area contributed by atoms with Gasteiger partial charge in [0, 0.05) is 19.8 Å². The molecular weight excluding hydrogens is 236 g/mol. The number of urea groups is 1. The maximum absolute atomic E-state index is 10.5. The normalized spacial score (nSPS) is 12.2. The molecule has 0 fully saturated rings. The van der Waals surface area contributed by atoms with Gasteiger partial charge in [-0.1, -0.05) is 13.0 Å². The number of hydrogen-bond donors (Lipinski definition) is 2. The number of amides is 2. The Bertz CT molecular complexity index is 209. The Morgan fingerprint density at radius 1 is 1.29 bits per heavy atom. The second kappa shape index (κ2) is 9.44. The summed E-state index contributed by atoms with van der Waals surface area (Å²) in [6, 6.07) is 0.622. The van der Waals surface area contributed by atoms with Gasteiger partial charge >= 0.3 is 6.03 Å². The van der Waals surface area contributed by atoms with Crippen LogP contribution in [-0.4, -0.2) is 40.7 Å². The van der Waals surface area contributed by atoms with E-state index in [2.05, 4.69) is 12.2 Å². The molecule has 0 heterocycles. The van der Waals surface area contributed by atoms with E-state index in [1.807, 2.05) is 13.8 Å². The van der Waals surface area contributed by atoms with Crippen molar-refractivity contribution in [2.45, 2.75) is 45.1 Å². The maximum Gasteiger partial charge on any atom is 0.312 e. The Balaban J connectivity index is 3.93. The molecule has 0 radical (unpaired) electrons. The minimum Gasteiger partial charge on any atom is -0.355 e. The molecule has 0 bridgehead atoms. The van der Waals surface area contributed by atoms with Crippen molar-refractivity contribution in [3.8, 4) is 0 Å². The van der Waals surface area contributed by atoms with Gasteiger partial charge in [-0.3, -0.25) is 0 Å². The predicted molar refractivity (Wildman–Crippen MR) is 71.8 cm³/mol. The summed E-state index contributed by atoms with van der Waals surface area (Å²) in [7, 11) is -0.485. The van der Waals surface area contributed by atoms with Crippen LogP contribution in [0, 0.1) is 0 Å². The molecule has 17 heavy (non-hydrogen) atoms. The van der Waals surface area contributed by atoms with Crippen LogP contribution in [0.5, 0.6) is 0 Å². The van der Waals surface area contributed by atoms with Crippen LogP contribution in [0.3, 0.4) is 0 Å². The van der Waals surface area contributed by atoms with Crippen molar-refractivity contribution in [1.29, 1.82) is 0 Å². The molecule has 0 aromatic rings. The van der Waals surface area contributed by atoms with Gasteiger partial charge in [0.15, 0.2) is 0 Å². The fourth-order valence-electron chi connectivity index (χ4n) is 1.82. The van der Waals surface area contributed by atoms with Crippen LogP contribution in [0.15, 0.2) is 0 Å². The van der Waals surface area contributed by atoms with Crippen molar-refractivity contribution in [1.82, 2.24) is 5.32 Å². The summed E-state index contributed by atoms with van der Waals surface area (Å²) < 4.78 is 11.5. The van der Waals surface area contributed by atoms with E-state index in [1.165, 1.54) is 0 Å². The summed E-state index contributed by atoms with van der Waals surface area (Å²) in [5.41, 5.74) is 4.67. The third-order valence-corrected chi connectivity index (χ3v) is 5.16. The monoisotopic (exact) mass is 262 g/mol. The Kier molecular flexibility index (Phi) is 9.11. The van der Waals surface area contributed by atoms with E-state index in [4.69, 9.17) is 15.2 Å². The summed E-state index contributed by atoms with van der Waals surface area (Å²) in [5, 5.41) is 2.59. The van der Waals surface area contributed by atoms with E-state index in [-0.39, 0.29) is 5.41 Å². The van der Waals surface area contributed by atoms with Crippen LogP contribution in [0.25, 0.3) is 0 Å². The Hall–Kier alpha value is -0.593. The molecule has 0 saturated carbocycles. The SMILES string of the molecule is CCOC(CC)(OCC)[SiH2]CCCNC(N)=O. The first-order valence-corrected chi connectivity index (χ1v) is 8.12. The zero-order valence-electron chi connectivity index (χ0n) is 11.3. The minimum absolute atomic E-state index is 0.323. The van der Waals surface area contributed by atoms with Crippen LogP contribution in [0.2, 0.25) is 6.04 Å². The quantitative estimate of drug-likeness (QED) is 0.347. The van der Waals surface area contributed by atoms with Gasteiger partial charge in [0.2, 0.25) is 0 Å². The number of hydrogen-bond acceptors (Lipinski definition) is 3. The predicted octanol–water partition coefficient (Wildman–Crippen LogP) is 0.769. The summed E-state index contributed by atoms with van der Waals surface area (Å²) in [5.74, 6) is 0. The van der Waals surface area contributed by atoms with Crippen LogP contribution in [0.4, 0.5) is 4.79 Å². The first-order chi connectivity index (χ1) is 8.10. The van der Waals surface area contributed by atoms with Crippen molar-refractivity contribution in [3.05, 3.63) is 0 Å². The first kappa shape index (κ1) is 16.4.